The average molecular weight is 443 g/mol. The maximum atomic E-state index is 10.4. The van der Waals surface area contributed by atoms with Crippen LogP contribution in [0.4, 0.5) is 0 Å². The molecule has 0 aliphatic carbocycles. The minimum Gasteiger partial charge on any atom is -0.756 e. The molecule has 0 rings (SSSR count). The van der Waals surface area contributed by atoms with E-state index in [1.54, 1.807) is 27.2 Å². The molecule has 0 aliphatic rings. The van der Waals surface area contributed by atoms with Gasteiger partial charge in [-0.15, -0.1) is 0 Å². The van der Waals surface area contributed by atoms with Gasteiger partial charge in [0.15, 0.2) is 0 Å². The zero-order valence-electron chi connectivity index (χ0n) is 15.4. The fourth-order valence-corrected chi connectivity index (χ4v) is 12.2. The summed E-state index contributed by atoms with van der Waals surface area (Å²) in [7, 11) is -3.94. The third-order valence-corrected chi connectivity index (χ3v) is 13.5. The van der Waals surface area contributed by atoms with E-state index in [1.165, 1.54) is 38.5 Å². The molecule has 6 heteroatoms. The SMILES string of the molecule is CCC[CH2][Sn+]([CH2]CCC)[CH2]CCC.CCOP(=O)([O-])OCC. The normalized spacial score (nSPS) is 11.0. The van der Waals surface area contributed by atoms with Crippen LogP contribution in [-0.4, -0.2) is 33.0 Å². The summed E-state index contributed by atoms with van der Waals surface area (Å²) in [5.41, 5.74) is 0. The number of hydrogen-bond donors (Lipinski definition) is 0. The second-order valence-corrected chi connectivity index (χ2v) is 15.3. The van der Waals surface area contributed by atoms with E-state index in [9.17, 15) is 9.46 Å². The van der Waals surface area contributed by atoms with E-state index in [-0.39, 0.29) is 13.2 Å². The van der Waals surface area contributed by atoms with Crippen molar-refractivity contribution in [3.05, 3.63) is 0 Å². The second-order valence-electron chi connectivity index (χ2n) is 5.34. The molecular formula is C16H37O4PSn. The summed E-state index contributed by atoms with van der Waals surface area (Å²) in [6.45, 7) is 10.4. The van der Waals surface area contributed by atoms with Crippen LogP contribution in [0.25, 0.3) is 0 Å². The maximum Gasteiger partial charge on any atom is 0.267 e. The molecule has 0 aromatic rings. The molecule has 4 nitrogen and oxygen atoms in total. The second kappa shape index (κ2) is 18.3. The van der Waals surface area contributed by atoms with E-state index in [4.69, 9.17) is 0 Å². The minimum absolute atomic E-state index is 0.126. The molecule has 0 saturated heterocycles. The van der Waals surface area contributed by atoms with Crippen LogP contribution < -0.4 is 4.89 Å². The molecule has 0 unspecified atom stereocenters. The number of phosphoric ester groups is 1. The first-order valence-electron chi connectivity index (χ1n) is 8.90. The summed E-state index contributed by atoms with van der Waals surface area (Å²) >= 11 is -0.839. The number of rotatable bonds is 13. The van der Waals surface area contributed by atoms with Crippen molar-refractivity contribution in [2.75, 3.05) is 13.2 Å². The summed E-state index contributed by atoms with van der Waals surface area (Å²) in [5.74, 6) is 0. The molecule has 0 fully saturated rings. The van der Waals surface area contributed by atoms with Crippen LogP contribution in [0.5, 0.6) is 0 Å². The number of hydrogen-bond acceptors (Lipinski definition) is 4. The smallest absolute Gasteiger partial charge is 0.267 e. The van der Waals surface area contributed by atoms with Gasteiger partial charge in [0.25, 0.3) is 7.82 Å². The first-order chi connectivity index (χ1) is 10.5. The summed E-state index contributed by atoms with van der Waals surface area (Å²) in [5, 5.41) is 0. The molecule has 134 valence electrons. The molecular weight excluding hydrogens is 406 g/mol. The third kappa shape index (κ3) is 19.0. The van der Waals surface area contributed by atoms with Gasteiger partial charge < -0.3 is 13.9 Å². The van der Waals surface area contributed by atoms with Crippen LogP contribution in [0, 0.1) is 0 Å². The Bertz CT molecular complexity index is 236. The zero-order chi connectivity index (χ0) is 17.3. The summed E-state index contributed by atoms with van der Waals surface area (Å²) in [6.07, 6.45) is 8.85. The Hall–Kier alpha value is 0.909. The quantitative estimate of drug-likeness (QED) is 0.282. The van der Waals surface area contributed by atoms with Gasteiger partial charge in [-0.3, -0.25) is 4.57 Å². The molecule has 0 amide bonds. The van der Waals surface area contributed by atoms with Crippen molar-refractivity contribution in [2.24, 2.45) is 0 Å². The van der Waals surface area contributed by atoms with Crippen molar-refractivity contribution in [3.8, 4) is 0 Å². The Morgan fingerprint density at radius 2 is 1.09 bits per heavy atom. The summed E-state index contributed by atoms with van der Waals surface area (Å²) in [4.78, 5) is 10.4. The van der Waals surface area contributed by atoms with Crippen LogP contribution in [0.15, 0.2) is 0 Å². The van der Waals surface area contributed by atoms with E-state index in [0.717, 1.165) is 0 Å². The van der Waals surface area contributed by atoms with Crippen LogP contribution in [-0.2, 0) is 13.6 Å². The largest absolute Gasteiger partial charge is 0.756 e. The fraction of sp³-hybridized carbons (Fsp3) is 1.00. The van der Waals surface area contributed by atoms with Crippen molar-refractivity contribution in [3.63, 3.8) is 0 Å². The van der Waals surface area contributed by atoms with Gasteiger partial charge in [-0.25, -0.2) is 0 Å². The van der Waals surface area contributed by atoms with E-state index >= 15 is 0 Å². The molecule has 0 aromatic carbocycles. The molecule has 0 atom stereocenters. The Labute approximate surface area is 145 Å². The third-order valence-electron chi connectivity index (χ3n) is 3.23. The molecule has 0 aliphatic heterocycles. The van der Waals surface area contributed by atoms with Gasteiger partial charge >= 0.3 is 92.4 Å². The molecule has 0 aromatic heterocycles. The maximum absolute atomic E-state index is 10.4. The predicted octanol–water partition coefficient (Wildman–Crippen LogP) is 5.41. The first-order valence-corrected chi connectivity index (χ1v) is 16.4. The number of unbranched alkanes of at least 4 members (excludes halogenated alkanes) is 3. The van der Waals surface area contributed by atoms with Gasteiger partial charge in [0.1, 0.15) is 0 Å². The molecule has 0 spiro atoms. The molecule has 0 N–H and O–H groups in total. The molecule has 0 bridgehead atoms. The van der Waals surface area contributed by atoms with Gasteiger partial charge in [0.2, 0.25) is 0 Å². The Morgan fingerprint density at radius 1 is 0.773 bits per heavy atom. The van der Waals surface area contributed by atoms with Gasteiger partial charge in [-0.2, -0.15) is 0 Å². The number of phosphoric acid groups is 1. The summed E-state index contributed by atoms with van der Waals surface area (Å²) in [6, 6.07) is 0. The summed E-state index contributed by atoms with van der Waals surface area (Å²) < 4.78 is 23.9. The molecule has 0 radical (unpaired) electrons. The average Bonchev–Trinajstić information content (AvgIpc) is 2.47. The standard InChI is InChI=1S/C4H11O4P.3C4H9.Sn/c1-3-7-9(5,6)8-4-2;3*1-3-4-2;/h3-4H2,1-2H3,(H,5,6);3*1,3-4H2,2H3;/q;;;;+1/p-1. The van der Waals surface area contributed by atoms with Gasteiger partial charge in [0.05, 0.1) is 13.2 Å². The van der Waals surface area contributed by atoms with Crippen LogP contribution in [0.2, 0.25) is 13.3 Å². The zero-order valence-corrected chi connectivity index (χ0v) is 19.1. The van der Waals surface area contributed by atoms with Crippen LogP contribution in [0.1, 0.15) is 73.1 Å². The van der Waals surface area contributed by atoms with Gasteiger partial charge in [0, 0.05) is 0 Å². The van der Waals surface area contributed by atoms with Crippen molar-refractivity contribution in [1.29, 1.82) is 0 Å². The van der Waals surface area contributed by atoms with Crippen molar-refractivity contribution in [1.82, 2.24) is 0 Å². The van der Waals surface area contributed by atoms with Crippen molar-refractivity contribution < 1.29 is 18.5 Å². The Kier molecular flexibility index (Phi) is 20.9. The first kappa shape index (κ1) is 25.2. The molecule has 22 heavy (non-hydrogen) atoms. The topological polar surface area (TPSA) is 58.6 Å². The van der Waals surface area contributed by atoms with Crippen LogP contribution in [0.3, 0.4) is 0 Å². The van der Waals surface area contributed by atoms with Crippen LogP contribution >= 0.6 is 7.82 Å². The monoisotopic (exact) mass is 444 g/mol. The fourth-order valence-electron chi connectivity index (χ4n) is 2.01. The van der Waals surface area contributed by atoms with Gasteiger partial charge in [-0.05, 0) is 13.8 Å². The minimum atomic E-state index is -3.94. The van der Waals surface area contributed by atoms with E-state index in [1.807, 2.05) is 0 Å². The van der Waals surface area contributed by atoms with Gasteiger partial charge in [-0.1, -0.05) is 0 Å². The van der Waals surface area contributed by atoms with E-state index in [0.29, 0.717) is 0 Å². The van der Waals surface area contributed by atoms with E-state index in [2.05, 4.69) is 29.8 Å². The molecule has 0 saturated carbocycles. The predicted molar refractivity (Wildman–Crippen MR) is 95.8 cm³/mol. The van der Waals surface area contributed by atoms with Crippen molar-refractivity contribution in [2.45, 2.75) is 86.5 Å². The Morgan fingerprint density at radius 3 is 1.32 bits per heavy atom. The van der Waals surface area contributed by atoms with E-state index < -0.39 is 27.6 Å². The van der Waals surface area contributed by atoms with Crippen molar-refractivity contribution >= 4 is 27.6 Å². The Balaban J connectivity index is 0. The molecule has 0 heterocycles.